The molecular weight excluding hydrogens is 246 g/mol. The van der Waals surface area contributed by atoms with Gasteiger partial charge in [-0.05, 0) is 25.6 Å². The second-order valence-electron chi connectivity index (χ2n) is 5.76. The monoisotopic (exact) mass is 275 g/mol. The lowest BCUT2D eigenvalue weighted by Gasteiger charge is -2.36. The molecule has 1 aliphatic rings. The van der Waals surface area contributed by atoms with Gasteiger partial charge >= 0.3 is 0 Å². The lowest BCUT2D eigenvalue weighted by atomic mass is 10.0. The van der Waals surface area contributed by atoms with Crippen LogP contribution < -0.4 is 5.32 Å². The molecule has 20 heavy (non-hydrogen) atoms. The van der Waals surface area contributed by atoms with Gasteiger partial charge in [0.1, 0.15) is 0 Å². The molecular formula is C17H29N3. The van der Waals surface area contributed by atoms with Gasteiger partial charge in [0.15, 0.2) is 0 Å². The zero-order valence-corrected chi connectivity index (χ0v) is 13.2. The highest BCUT2D eigenvalue weighted by molar-refractivity contribution is 5.24. The van der Waals surface area contributed by atoms with E-state index in [0.29, 0.717) is 6.04 Å². The van der Waals surface area contributed by atoms with Crippen molar-refractivity contribution in [1.29, 1.82) is 0 Å². The van der Waals surface area contributed by atoms with Crippen molar-refractivity contribution in [3.8, 4) is 0 Å². The topological polar surface area (TPSA) is 18.5 Å². The number of rotatable bonds is 6. The smallest absolute Gasteiger partial charge is 0.0449 e. The number of hydrogen-bond donors (Lipinski definition) is 1. The SMILES string of the molecule is CCNC(CN1CCN(CC)CC1)c1ccc(C)cc1. The van der Waals surface area contributed by atoms with Crippen LogP contribution >= 0.6 is 0 Å². The van der Waals surface area contributed by atoms with E-state index in [4.69, 9.17) is 0 Å². The van der Waals surface area contributed by atoms with Crippen LogP contribution in [0.2, 0.25) is 0 Å². The maximum atomic E-state index is 3.64. The number of nitrogens with one attached hydrogen (secondary N) is 1. The Bertz CT molecular complexity index is 380. The van der Waals surface area contributed by atoms with Crippen LogP contribution in [0, 0.1) is 6.92 Å². The molecule has 1 aromatic carbocycles. The summed E-state index contributed by atoms with van der Waals surface area (Å²) >= 11 is 0. The predicted octanol–water partition coefficient (Wildman–Crippen LogP) is 2.28. The first-order chi connectivity index (χ1) is 9.72. The molecule has 1 aromatic rings. The van der Waals surface area contributed by atoms with Gasteiger partial charge in [0.05, 0.1) is 0 Å². The molecule has 1 unspecified atom stereocenters. The summed E-state index contributed by atoms with van der Waals surface area (Å²) in [4.78, 5) is 5.13. The number of benzene rings is 1. The van der Waals surface area contributed by atoms with Crippen LogP contribution in [0.5, 0.6) is 0 Å². The number of hydrogen-bond acceptors (Lipinski definition) is 3. The van der Waals surface area contributed by atoms with Crippen molar-refractivity contribution >= 4 is 0 Å². The van der Waals surface area contributed by atoms with E-state index in [0.717, 1.165) is 13.1 Å². The van der Waals surface area contributed by atoms with Gasteiger partial charge in [0.2, 0.25) is 0 Å². The van der Waals surface area contributed by atoms with Crippen LogP contribution in [0.25, 0.3) is 0 Å². The second-order valence-corrected chi connectivity index (χ2v) is 5.76. The highest BCUT2D eigenvalue weighted by Gasteiger charge is 2.19. The highest BCUT2D eigenvalue weighted by atomic mass is 15.3. The summed E-state index contributed by atoms with van der Waals surface area (Å²) in [5.74, 6) is 0. The van der Waals surface area contributed by atoms with Crippen molar-refractivity contribution in [2.45, 2.75) is 26.8 Å². The summed E-state index contributed by atoms with van der Waals surface area (Å²) in [7, 11) is 0. The molecule has 0 aromatic heterocycles. The number of likely N-dealkylation sites (N-methyl/N-ethyl adjacent to an activating group) is 2. The Labute approximate surface area is 124 Å². The third-order valence-corrected chi connectivity index (χ3v) is 4.28. The first kappa shape index (κ1) is 15.5. The van der Waals surface area contributed by atoms with Crippen molar-refractivity contribution in [2.24, 2.45) is 0 Å². The number of piperazine rings is 1. The van der Waals surface area contributed by atoms with Crippen LogP contribution in [-0.4, -0.2) is 55.6 Å². The Kier molecular flexibility index (Phi) is 6.02. The van der Waals surface area contributed by atoms with E-state index in [1.54, 1.807) is 0 Å². The average molecular weight is 275 g/mol. The van der Waals surface area contributed by atoms with Crippen molar-refractivity contribution < 1.29 is 0 Å². The van der Waals surface area contributed by atoms with Crippen LogP contribution in [0.4, 0.5) is 0 Å². The zero-order chi connectivity index (χ0) is 14.4. The van der Waals surface area contributed by atoms with Gasteiger partial charge in [-0.2, -0.15) is 0 Å². The Morgan fingerprint density at radius 3 is 2.15 bits per heavy atom. The van der Waals surface area contributed by atoms with E-state index in [9.17, 15) is 0 Å². The normalized spacial score (nSPS) is 19.1. The summed E-state index contributed by atoms with van der Waals surface area (Å²) in [6, 6.07) is 9.42. The molecule has 0 aliphatic carbocycles. The molecule has 0 spiro atoms. The van der Waals surface area contributed by atoms with E-state index in [1.807, 2.05) is 0 Å². The van der Waals surface area contributed by atoms with Gasteiger partial charge < -0.3 is 10.2 Å². The molecule has 1 atom stereocenters. The highest BCUT2D eigenvalue weighted by Crippen LogP contribution is 2.16. The first-order valence-electron chi connectivity index (χ1n) is 7.97. The van der Waals surface area contributed by atoms with E-state index < -0.39 is 0 Å². The van der Waals surface area contributed by atoms with Crippen molar-refractivity contribution in [1.82, 2.24) is 15.1 Å². The fraction of sp³-hybridized carbons (Fsp3) is 0.647. The largest absolute Gasteiger partial charge is 0.309 e. The van der Waals surface area contributed by atoms with Gasteiger partial charge in [-0.3, -0.25) is 4.90 Å². The van der Waals surface area contributed by atoms with Crippen molar-refractivity contribution in [3.05, 3.63) is 35.4 Å². The summed E-state index contributed by atoms with van der Waals surface area (Å²) < 4.78 is 0. The summed E-state index contributed by atoms with van der Waals surface area (Å²) in [6.07, 6.45) is 0. The first-order valence-corrected chi connectivity index (χ1v) is 7.97. The molecule has 0 radical (unpaired) electrons. The molecule has 1 fully saturated rings. The molecule has 112 valence electrons. The Morgan fingerprint density at radius 2 is 1.60 bits per heavy atom. The van der Waals surface area contributed by atoms with Gasteiger partial charge in [0.25, 0.3) is 0 Å². The minimum absolute atomic E-state index is 0.453. The van der Waals surface area contributed by atoms with E-state index in [1.165, 1.54) is 43.9 Å². The van der Waals surface area contributed by atoms with Gasteiger partial charge in [0, 0.05) is 38.8 Å². The Hall–Kier alpha value is -0.900. The zero-order valence-electron chi connectivity index (χ0n) is 13.2. The summed E-state index contributed by atoms with van der Waals surface area (Å²) in [5.41, 5.74) is 2.75. The number of nitrogens with zero attached hydrogens (tertiary/aromatic N) is 2. The van der Waals surface area contributed by atoms with Crippen LogP contribution in [0.15, 0.2) is 24.3 Å². The molecule has 0 bridgehead atoms. The van der Waals surface area contributed by atoms with Crippen molar-refractivity contribution in [2.75, 3.05) is 45.8 Å². The summed E-state index contributed by atoms with van der Waals surface area (Å²) in [6.45, 7) is 14.7. The molecule has 3 nitrogen and oxygen atoms in total. The van der Waals surface area contributed by atoms with E-state index in [-0.39, 0.29) is 0 Å². The molecule has 0 amide bonds. The maximum absolute atomic E-state index is 3.64. The third-order valence-electron chi connectivity index (χ3n) is 4.28. The minimum Gasteiger partial charge on any atom is -0.309 e. The fourth-order valence-electron chi connectivity index (χ4n) is 2.88. The standard InChI is InChI=1S/C17H29N3/c1-4-18-17(16-8-6-15(3)7-9-16)14-20-12-10-19(5-2)11-13-20/h6-9,17-18H,4-5,10-14H2,1-3H3. The maximum Gasteiger partial charge on any atom is 0.0449 e. The average Bonchev–Trinajstić information content (AvgIpc) is 2.48. The van der Waals surface area contributed by atoms with E-state index in [2.05, 4.69) is 60.2 Å². The lowest BCUT2D eigenvalue weighted by molar-refractivity contribution is 0.127. The molecule has 1 heterocycles. The molecule has 3 heteroatoms. The Balaban J connectivity index is 1.94. The number of aryl methyl sites for hydroxylation is 1. The quantitative estimate of drug-likeness (QED) is 0.859. The van der Waals surface area contributed by atoms with Gasteiger partial charge in [-0.25, -0.2) is 0 Å². The van der Waals surface area contributed by atoms with Crippen LogP contribution in [0.3, 0.4) is 0 Å². The third kappa shape index (κ3) is 4.30. The van der Waals surface area contributed by atoms with Gasteiger partial charge in [-0.1, -0.05) is 43.7 Å². The van der Waals surface area contributed by atoms with Crippen molar-refractivity contribution in [3.63, 3.8) is 0 Å². The minimum atomic E-state index is 0.453. The molecule has 2 rings (SSSR count). The molecule has 1 aliphatic heterocycles. The second kappa shape index (κ2) is 7.77. The fourth-order valence-corrected chi connectivity index (χ4v) is 2.88. The molecule has 0 saturated carbocycles. The molecule has 1 N–H and O–H groups in total. The van der Waals surface area contributed by atoms with E-state index >= 15 is 0 Å². The predicted molar refractivity (Wildman–Crippen MR) is 86.2 cm³/mol. The van der Waals surface area contributed by atoms with Crippen LogP contribution in [-0.2, 0) is 0 Å². The van der Waals surface area contributed by atoms with Crippen LogP contribution in [0.1, 0.15) is 31.0 Å². The Morgan fingerprint density at radius 1 is 1.00 bits per heavy atom. The lowest BCUT2D eigenvalue weighted by Crippen LogP contribution is -2.48. The summed E-state index contributed by atoms with van der Waals surface area (Å²) in [5, 5.41) is 3.64. The van der Waals surface area contributed by atoms with Gasteiger partial charge in [-0.15, -0.1) is 0 Å². The molecule has 1 saturated heterocycles.